The number of fused-ring (bicyclic) bond motifs is 1. The van der Waals surface area contributed by atoms with Crippen LogP contribution in [0.1, 0.15) is 52.9 Å². The zero-order chi connectivity index (χ0) is 20.5. The second kappa shape index (κ2) is 7.34. The van der Waals surface area contributed by atoms with E-state index in [0.29, 0.717) is 17.9 Å². The average molecular weight is 387 g/mol. The van der Waals surface area contributed by atoms with Crippen molar-refractivity contribution in [3.63, 3.8) is 0 Å². The molecule has 0 fully saturated rings. The number of nitrogens with zero attached hydrogens (tertiary/aromatic N) is 1. The van der Waals surface area contributed by atoms with Crippen LogP contribution >= 0.6 is 0 Å². The van der Waals surface area contributed by atoms with Crippen LogP contribution in [0.15, 0.2) is 22.8 Å². The van der Waals surface area contributed by atoms with Crippen molar-refractivity contribution < 1.29 is 28.6 Å². The van der Waals surface area contributed by atoms with Crippen molar-refractivity contribution in [3.8, 4) is 5.88 Å². The molecule has 0 spiro atoms. The molecule has 2 aromatic heterocycles. The van der Waals surface area contributed by atoms with Gasteiger partial charge in [0.25, 0.3) is 11.8 Å². The molecular weight excluding hydrogens is 366 g/mol. The van der Waals surface area contributed by atoms with Crippen LogP contribution in [0.3, 0.4) is 0 Å². The number of hydrogen-bond donors (Lipinski definition) is 3. The van der Waals surface area contributed by atoms with Crippen molar-refractivity contribution in [1.82, 2.24) is 10.3 Å². The monoisotopic (exact) mass is 387 g/mol. The number of anilines is 1. The average Bonchev–Trinajstić information content (AvgIpc) is 2.99. The summed E-state index contributed by atoms with van der Waals surface area (Å²) in [5.74, 6) is -1.37. The summed E-state index contributed by atoms with van der Waals surface area (Å²) in [6, 6.07) is 3.01. The van der Waals surface area contributed by atoms with Crippen LogP contribution < -0.4 is 15.4 Å². The first-order valence-corrected chi connectivity index (χ1v) is 8.79. The third-order valence-electron chi connectivity index (χ3n) is 4.17. The number of amides is 2. The Kier molecular flexibility index (Phi) is 5.08. The zero-order valence-electron chi connectivity index (χ0n) is 15.8. The van der Waals surface area contributed by atoms with Crippen LogP contribution in [0.5, 0.6) is 5.88 Å². The highest BCUT2D eigenvalue weighted by atomic mass is 16.5. The van der Waals surface area contributed by atoms with Crippen LogP contribution in [0, 0.1) is 0 Å². The van der Waals surface area contributed by atoms with Gasteiger partial charge in [-0.05, 0) is 32.9 Å². The van der Waals surface area contributed by atoms with Crippen molar-refractivity contribution in [1.29, 1.82) is 0 Å². The van der Waals surface area contributed by atoms with Gasteiger partial charge in [0, 0.05) is 12.0 Å². The van der Waals surface area contributed by atoms with E-state index in [1.54, 1.807) is 6.92 Å². The minimum Gasteiger partial charge on any atom is -0.481 e. The van der Waals surface area contributed by atoms with Gasteiger partial charge in [-0.25, -0.2) is 4.98 Å². The highest BCUT2D eigenvalue weighted by Gasteiger charge is 2.36. The molecule has 1 aliphatic heterocycles. The summed E-state index contributed by atoms with van der Waals surface area (Å²) >= 11 is 0. The van der Waals surface area contributed by atoms with Gasteiger partial charge >= 0.3 is 5.97 Å². The number of furan rings is 1. The molecule has 3 N–H and O–H groups in total. The van der Waals surface area contributed by atoms with E-state index in [2.05, 4.69) is 15.6 Å². The zero-order valence-corrected chi connectivity index (χ0v) is 15.8. The fourth-order valence-electron chi connectivity index (χ4n) is 3.02. The molecule has 0 saturated carbocycles. The summed E-state index contributed by atoms with van der Waals surface area (Å²) in [6.07, 6.45) is 1.46. The molecule has 0 bridgehead atoms. The van der Waals surface area contributed by atoms with Crippen LogP contribution in [0.4, 0.5) is 5.69 Å². The molecule has 0 atom stereocenters. The quantitative estimate of drug-likeness (QED) is 0.691. The number of carbonyl (C=O) groups is 3. The lowest BCUT2D eigenvalue weighted by molar-refractivity contribution is -0.136. The van der Waals surface area contributed by atoms with E-state index in [0.717, 1.165) is 0 Å². The van der Waals surface area contributed by atoms with Gasteiger partial charge in [-0.15, -0.1) is 0 Å². The first kappa shape index (κ1) is 19.4. The molecule has 2 aromatic rings. The summed E-state index contributed by atoms with van der Waals surface area (Å²) < 4.78 is 10.9. The molecule has 2 amide bonds. The Morgan fingerprint density at radius 3 is 2.82 bits per heavy atom. The topological polar surface area (TPSA) is 131 Å². The molecule has 0 aromatic carbocycles. The van der Waals surface area contributed by atoms with E-state index in [9.17, 15) is 14.4 Å². The number of carboxylic acid groups (broad SMARTS) is 1. The molecule has 3 heterocycles. The highest BCUT2D eigenvalue weighted by Crippen LogP contribution is 2.29. The molecule has 0 radical (unpaired) electrons. The third kappa shape index (κ3) is 3.98. The Morgan fingerprint density at radius 1 is 1.39 bits per heavy atom. The number of carbonyl (C=O) groups excluding carboxylic acids is 2. The van der Waals surface area contributed by atoms with Gasteiger partial charge < -0.3 is 24.9 Å². The molecule has 3 rings (SSSR count). The fourth-order valence-corrected chi connectivity index (χ4v) is 3.02. The highest BCUT2D eigenvalue weighted by molar-refractivity contribution is 6.13. The Hall–Kier alpha value is -3.36. The van der Waals surface area contributed by atoms with Gasteiger partial charge in [-0.2, -0.15) is 0 Å². The molecule has 28 heavy (non-hydrogen) atoms. The number of aromatic nitrogens is 1. The molecule has 1 aliphatic rings. The minimum atomic E-state index is -1.02. The number of rotatable bonds is 6. The van der Waals surface area contributed by atoms with Crippen molar-refractivity contribution >= 4 is 23.5 Å². The number of nitrogens with one attached hydrogen (secondary N) is 2. The normalized spacial score (nSPS) is 14.8. The van der Waals surface area contributed by atoms with E-state index in [-0.39, 0.29) is 41.6 Å². The maximum Gasteiger partial charge on any atom is 0.309 e. The third-order valence-corrected chi connectivity index (χ3v) is 4.17. The van der Waals surface area contributed by atoms with Crippen molar-refractivity contribution in [3.05, 3.63) is 41.0 Å². The van der Waals surface area contributed by atoms with Gasteiger partial charge in [0.1, 0.15) is 17.7 Å². The van der Waals surface area contributed by atoms with Crippen LogP contribution in [-0.4, -0.2) is 40.0 Å². The second-order valence-electron chi connectivity index (χ2n) is 7.08. The van der Waals surface area contributed by atoms with Crippen LogP contribution in [0.25, 0.3) is 0 Å². The van der Waals surface area contributed by atoms with Crippen LogP contribution in [0.2, 0.25) is 0 Å². The van der Waals surface area contributed by atoms with Gasteiger partial charge in [0.2, 0.25) is 5.88 Å². The number of ether oxygens (including phenoxy) is 1. The molecule has 0 aliphatic carbocycles. The number of aliphatic carboxylic acids is 1. The van der Waals surface area contributed by atoms with Crippen LogP contribution in [-0.2, 0) is 17.6 Å². The molecule has 9 nitrogen and oxygen atoms in total. The summed E-state index contributed by atoms with van der Waals surface area (Å²) in [5, 5.41) is 14.4. The van der Waals surface area contributed by atoms with E-state index < -0.39 is 17.4 Å². The largest absolute Gasteiger partial charge is 0.481 e. The van der Waals surface area contributed by atoms with Crippen molar-refractivity contribution in [2.24, 2.45) is 0 Å². The predicted octanol–water partition coefficient (Wildman–Crippen LogP) is 2.02. The lowest BCUT2D eigenvalue weighted by Gasteiger charge is -2.29. The molecule has 9 heteroatoms. The lowest BCUT2D eigenvalue weighted by atomic mass is 9.91. The molecule has 0 saturated heterocycles. The van der Waals surface area contributed by atoms with E-state index in [4.69, 9.17) is 14.3 Å². The Balaban J connectivity index is 1.87. The Labute approximate surface area is 161 Å². The lowest BCUT2D eigenvalue weighted by Crippen LogP contribution is -2.49. The SMILES string of the molecule is CCOc1nc(CC(=O)O)ccc1NC(=O)c1coc2c1C(=O)NC(C)(C)C2. The van der Waals surface area contributed by atoms with Gasteiger partial charge in [-0.1, -0.05) is 0 Å². The van der Waals surface area contributed by atoms with Gasteiger partial charge in [0.15, 0.2) is 0 Å². The van der Waals surface area contributed by atoms with Crippen molar-refractivity contribution in [2.45, 2.75) is 39.2 Å². The maximum absolute atomic E-state index is 12.7. The number of carboxylic acids is 1. The summed E-state index contributed by atoms with van der Waals surface area (Å²) in [6.45, 7) is 5.77. The van der Waals surface area contributed by atoms with Crippen molar-refractivity contribution in [2.75, 3.05) is 11.9 Å². The standard InChI is InChI=1S/C19H21N3O6/c1-4-27-18-12(6-5-10(20-18)7-14(23)24)21-16(25)11-9-28-13-8-19(2,3)22-17(26)15(11)13/h5-6,9H,4,7-8H2,1-3H3,(H,21,25)(H,22,26)(H,23,24). The summed E-state index contributed by atoms with van der Waals surface area (Å²) in [4.78, 5) is 40.2. The maximum atomic E-state index is 12.7. The van der Waals surface area contributed by atoms with E-state index in [1.165, 1.54) is 18.4 Å². The summed E-state index contributed by atoms with van der Waals surface area (Å²) in [7, 11) is 0. The Bertz CT molecular complexity index is 947. The molecule has 148 valence electrons. The minimum absolute atomic E-state index is 0.109. The second-order valence-corrected chi connectivity index (χ2v) is 7.08. The predicted molar refractivity (Wildman–Crippen MR) is 98.7 cm³/mol. The number of pyridine rings is 1. The molecular formula is C19H21N3O6. The van der Waals surface area contributed by atoms with Gasteiger partial charge in [-0.3, -0.25) is 14.4 Å². The fraction of sp³-hybridized carbons (Fsp3) is 0.368. The smallest absolute Gasteiger partial charge is 0.309 e. The van der Waals surface area contributed by atoms with E-state index in [1.807, 2.05) is 13.8 Å². The summed E-state index contributed by atoms with van der Waals surface area (Å²) in [5.41, 5.74) is 0.441. The Morgan fingerprint density at radius 2 is 2.14 bits per heavy atom. The van der Waals surface area contributed by atoms with Gasteiger partial charge in [0.05, 0.1) is 29.8 Å². The first-order chi connectivity index (χ1) is 13.2. The first-order valence-electron chi connectivity index (χ1n) is 8.79. The van der Waals surface area contributed by atoms with E-state index >= 15 is 0 Å². The number of hydrogen-bond acceptors (Lipinski definition) is 6. The molecule has 0 unspecified atom stereocenters.